The first-order valence-electron chi connectivity index (χ1n) is 3.31. The van der Waals surface area contributed by atoms with Gasteiger partial charge in [0.25, 0.3) is 0 Å². The van der Waals surface area contributed by atoms with Gasteiger partial charge in [-0.15, -0.1) is 0 Å². The molecule has 0 spiro atoms. The third kappa shape index (κ3) is 2.43. The molecular weight excluding hydrogens is 258 g/mol. The Labute approximate surface area is 84.9 Å². The first-order valence-corrected chi connectivity index (χ1v) is 5.65. The van der Waals surface area contributed by atoms with Gasteiger partial charge in [-0.25, -0.2) is 13.6 Å². The van der Waals surface area contributed by atoms with Gasteiger partial charge in [-0.1, -0.05) is 0 Å². The first-order chi connectivity index (χ1) is 5.95. The van der Waals surface area contributed by atoms with E-state index in [0.717, 1.165) is 0 Å². The predicted octanol–water partition coefficient (Wildman–Crippen LogP) is 1.11. The van der Waals surface area contributed by atoms with Gasteiger partial charge in [0.05, 0.1) is 16.5 Å². The largest absolute Gasteiger partial charge is 0.496 e. The van der Waals surface area contributed by atoms with E-state index in [0.29, 0.717) is 10.2 Å². The number of hydrogen-bond donors (Lipinski definition) is 1. The Hall–Kier alpha value is -0.590. The van der Waals surface area contributed by atoms with Crippen LogP contribution in [0, 0.1) is 0 Å². The van der Waals surface area contributed by atoms with Gasteiger partial charge < -0.3 is 4.74 Å². The first kappa shape index (κ1) is 10.5. The minimum absolute atomic E-state index is 0.0348. The van der Waals surface area contributed by atoms with E-state index in [2.05, 4.69) is 15.9 Å². The zero-order valence-corrected chi connectivity index (χ0v) is 9.22. The number of rotatable bonds is 2. The number of ether oxygens (including phenoxy) is 1. The Morgan fingerprint density at radius 2 is 2.08 bits per heavy atom. The number of benzene rings is 1. The lowest BCUT2D eigenvalue weighted by atomic mass is 10.3. The summed E-state index contributed by atoms with van der Waals surface area (Å²) in [6, 6.07) is 4.33. The second kappa shape index (κ2) is 3.65. The minimum atomic E-state index is -3.65. The highest BCUT2D eigenvalue weighted by Gasteiger charge is 2.10. The van der Waals surface area contributed by atoms with E-state index in [1.807, 2.05) is 0 Å². The third-order valence-corrected chi connectivity index (χ3v) is 3.02. The molecule has 0 heterocycles. The second-order valence-corrected chi connectivity index (χ2v) is 4.76. The zero-order chi connectivity index (χ0) is 10.1. The zero-order valence-electron chi connectivity index (χ0n) is 6.82. The molecule has 6 heteroatoms. The van der Waals surface area contributed by atoms with E-state index in [-0.39, 0.29) is 4.90 Å². The van der Waals surface area contributed by atoms with Crippen LogP contribution in [0.4, 0.5) is 0 Å². The number of hydrogen-bond acceptors (Lipinski definition) is 3. The van der Waals surface area contributed by atoms with Gasteiger partial charge in [-0.3, -0.25) is 0 Å². The molecule has 72 valence electrons. The van der Waals surface area contributed by atoms with Crippen molar-refractivity contribution in [3.63, 3.8) is 0 Å². The average Bonchev–Trinajstić information content (AvgIpc) is 2.03. The van der Waals surface area contributed by atoms with Crippen LogP contribution in [0.2, 0.25) is 0 Å². The molecule has 0 saturated heterocycles. The molecule has 4 nitrogen and oxygen atoms in total. The fourth-order valence-electron chi connectivity index (χ4n) is 0.817. The van der Waals surface area contributed by atoms with E-state index in [9.17, 15) is 8.42 Å². The molecule has 0 amide bonds. The molecular formula is C7H8BrNO3S. The Balaban J connectivity index is 3.30. The summed E-state index contributed by atoms with van der Waals surface area (Å²) in [4.78, 5) is 0.0348. The molecule has 1 aromatic rings. The van der Waals surface area contributed by atoms with Crippen LogP contribution in [0.15, 0.2) is 27.6 Å². The Morgan fingerprint density at radius 3 is 2.54 bits per heavy atom. The lowest BCUT2D eigenvalue weighted by Gasteiger charge is -2.04. The van der Waals surface area contributed by atoms with E-state index in [4.69, 9.17) is 9.88 Å². The monoisotopic (exact) mass is 265 g/mol. The molecule has 0 atom stereocenters. The van der Waals surface area contributed by atoms with Crippen LogP contribution in [0.25, 0.3) is 0 Å². The van der Waals surface area contributed by atoms with Crippen molar-refractivity contribution in [2.75, 3.05) is 7.11 Å². The van der Waals surface area contributed by atoms with Crippen LogP contribution in [0.5, 0.6) is 5.75 Å². The molecule has 0 aliphatic carbocycles. The topological polar surface area (TPSA) is 69.4 Å². The lowest BCUT2D eigenvalue weighted by molar-refractivity contribution is 0.410. The normalized spacial score (nSPS) is 11.3. The molecule has 0 fully saturated rings. The summed E-state index contributed by atoms with van der Waals surface area (Å²) >= 11 is 3.20. The molecule has 1 rings (SSSR count). The maximum Gasteiger partial charge on any atom is 0.238 e. The van der Waals surface area contributed by atoms with Crippen LogP contribution in [0.1, 0.15) is 0 Å². The Kier molecular flexibility index (Phi) is 2.94. The molecule has 0 unspecified atom stereocenters. The van der Waals surface area contributed by atoms with Crippen LogP contribution < -0.4 is 9.88 Å². The highest BCUT2D eigenvalue weighted by atomic mass is 79.9. The molecule has 0 aromatic heterocycles. The van der Waals surface area contributed by atoms with Crippen molar-refractivity contribution in [2.24, 2.45) is 5.14 Å². The van der Waals surface area contributed by atoms with Gasteiger partial charge in [0.15, 0.2) is 0 Å². The van der Waals surface area contributed by atoms with Crippen LogP contribution >= 0.6 is 15.9 Å². The summed E-state index contributed by atoms with van der Waals surface area (Å²) in [5.74, 6) is 0.437. The number of primary sulfonamides is 1. The average molecular weight is 266 g/mol. The molecule has 13 heavy (non-hydrogen) atoms. The highest BCUT2D eigenvalue weighted by molar-refractivity contribution is 9.10. The van der Waals surface area contributed by atoms with Crippen molar-refractivity contribution in [1.29, 1.82) is 0 Å². The van der Waals surface area contributed by atoms with Gasteiger partial charge in [0, 0.05) is 6.07 Å². The molecule has 0 radical (unpaired) electrons. The van der Waals surface area contributed by atoms with Gasteiger partial charge in [0.2, 0.25) is 10.0 Å². The number of nitrogens with two attached hydrogens (primary N) is 1. The summed E-state index contributed by atoms with van der Waals surface area (Å²) in [6.45, 7) is 0. The maximum atomic E-state index is 10.9. The van der Waals surface area contributed by atoms with E-state index in [1.54, 1.807) is 6.07 Å². The fraction of sp³-hybridized carbons (Fsp3) is 0.143. The molecule has 2 N–H and O–H groups in total. The van der Waals surface area contributed by atoms with Crippen LogP contribution in [-0.2, 0) is 10.0 Å². The summed E-state index contributed by atoms with van der Waals surface area (Å²) in [7, 11) is -2.20. The smallest absolute Gasteiger partial charge is 0.238 e. The Morgan fingerprint density at radius 1 is 1.46 bits per heavy atom. The summed E-state index contributed by atoms with van der Waals surface area (Å²) in [6.07, 6.45) is 0. The van der Waals surface area contributed by atoms with Crippen molar-refractivity contribution >= 4 is 26.0 Å². The van der Waals surface area contributed by atoms with Crippen molar-refractivity contribution < 1.29 is 13.2 Å². The second-order valence-electron chi connectivity index (χ2n) is 2.34. The maximum absolute atomic E-state index is 10.9. The van der Waals surface area contributed by atoms with Crippen LogP contribution in [-0.4, -0.2) is 15.5 Å². The van der Waals surface area contributed by atoms with Crippen molar-refractivity contribution in [2.45, 2.75) is 4.90 Å². The fourth-order valence-corrected chi connectivity index (χ4v) is 1.75. The van der Waals surface area contributed by atoms with Crippen LogP contribution in [0.3, 0.4) is 0 Å². The van der Waals surface area contributed by atoms with Crippen molar-refractivity contribution in [3.8, 4) is 5.75 Å². The standard InChI is InChI=1S/C7H8BrNO3S/c1-12-7-4-5(13(9,10)11)2-3-6(7)8/h2-4H,1H3,(H2,9,10,11). The highest BCUT2D eigenvalue weighted by Crippen LogP contribution is 2.26. The van der Waals surface area contributed by atoms with E-state index in [1.165, 1.54) is 19.2 Å². The molecule has 1 aromatic carbocycles. The number of sulfonamides is 1. The van der Waals surface area contributed by atoms with E-state index < -0.39 is 10.0 Å². The molecule has 0 aliphatic heterocycles. The molecule has 0 aliphatic rings. The summed E-state index contributed by atoms with van der Waals surface area (Å²) in [5.41, 5.74) is 0. The van der Waals surface area contributed by atoms with Gasteiger partial charge in [0.1, 0.15) is 5.75 Å². The summed E-state index contributed by atoms with van der Waals surface area (Å²) in [5, 5.41) is 4.93. The van der Waals surface area contributed by atoms with E-state index >= 15 is 0 Å². The number of methoxy groups -OCH3 is 1. The number of halogens is 1. The molecule has 0 saturated carbocycles. The van der Waals surface area contributed by atoms with Gasteiger partial charge in [-0.2, -0.15) is 0 Å². The third-order valence-electron chi connectivity index (χ3n) is 1.45. The Bertz CT molecular complexity index is 416. The predicted molar refractivity (Wildman–Crippen MR) is 52.1 cm³/mol. The van der Waals surface area contributed by atoms with Gasteiger partial charge >= 0.3 is 0 Å². The minimum Gasteiger partial charge on any atom is -0.496 e. The summed E-state index contributed by atoms with van der Waals surface area (Å²) < 4.78 is 27.4. The lowest BCUT2D eigenvalue weighted by Crippen LogP contribution is -2.12. The molecule has 0 bridgehead atoms. The van der Waals surface area contributed by atoms with Crippen molar-refractivity contribution in [1.82, 2.24) is 0 Å². The van der Waals surface area contributed by atoms with Gasteiger partial charge in [-0.05, 0) is 28.1 Å². The SMILES string of the molecule is COc1cc(S(N)(=O)=O)ccc1Br. The van der Waals surface area contributed by atoms with Crippen molar-refractivity contribution in [3.05, 3.63) is 22.7 Å². The quantitative estimate of drug-likeness (QED) is 0.871.